The van der Waals surface area contributed by atoms with Crippen LogP contribution < -0.4 is 10.1 Å². The Morgan fingerprint density at radius 2 is 1.80 bits per heavy atom. The van der Waals surface area contributed by atoms with E-state index in [1.807, 2.05) is 35.6 Å². The molecular formula is C26H28BrFN4O3. The number of methoxy groups -OCH3 is 1. The van der Waals surface area contributed by atoms with Crippen LogP contribution in [-0.4, -0.2) is 46.7 Å². The Balaban J connectivity index is 1.39. The summed E-state index contributed by atoms with van der Waals surface area (Å²) in [6, 6.07) is 6.69. The van der Waals surface area contributed by atoms with Gasteiger partial charge in [0, 0.05) is 29.3 Å². The fourth-order valence-electron chi connectivity index (χ4n) is 4.64. The lowest BCUT2D eigenvalue weighted by molar-refractivity contribution is 0.0689. The molecule has 1 saturated heterocycles. The maximum absolute atomic E-state index is 14.2. The number of amides is 2. The van der Waals surface area contributed by atoms with Gasteiger partial charge in [-0.15, -0.1) is 0 Å². The van der Waals surface area contributed by atoms with Crippen molar-refractivity contribution >= 4 is 33.4 Å². The Hall–Kier alpha value is -3.20. The van der Waals surface area contributed by atoms with Crippen molar-refractivity contribution in [1.29, 1.82) is 0 Å². The quantitative estimate of drug-likeness (QED) is 0.465. The van der Waals surface area contributed by atoms with Gasteiger partial charge in [-0.1, -0.05) is 15.9 Å². The third-order valence-electron chi connectivity index (χ3n) is 6.47. The van der Waals surface area contributed by atoms with Crippen LogP contribution in [0.15, 0.2) is 41.1 Å². The summed E-state index contributed by atoms with van der Waals surface area (Å²) in [4.78, 5) is 27.6. The van der Waals surface area contributed by atoms with Crippen molar-refractivity contribution in [3.05, 3.63) is 74.8 Å². The van der Waals surface area contributed by atoms with Crippen LogP contribution in [0.2, 0.25) is 0 Å². The largest absolute Gasteiger partial charge is 0.496 e. The van der Waals surface area contributed by atoms with Gasteiger partial charge in [-0.2, -0.15) is 5.10 Å². The molecule has 2 amide bonds. The summed E-state index contributed by atoms with van der Waals surface area (Å²) in [7, 11) is 1.63. The third kappa shape index (κ3) is 5.10. The molecule has 0 unspecified atom stereocenters. The second kappa shape index (κ2) is 10.2. The normalized spacial score (nSPS) is 14.2. The first-order chi connectivity index (χ1) is 16.7. The van der Waals surface area contributed by atoms with Crippen LogP contribution in [0.3, 0.4) is 0 Å². The lowest BCUT2D eigenvalue weighted by atomic mass is 10.0. The van der Waals surface area contributed by atoms with Crippen molar-refractivity contribution in [2.75, 3.05) is 25.5 Å². The van der Waals surface area contributed by atoms with Crippen LogP contribution in [0.4, 0.5) is 10.1 Å². The Labute approximate surface area is 212 Å². The summed E-state index contributed by atoms with van der Waals surface area (Å²) in [5.74, 6) is -0.280. The van der Waals surface area contributed by atoms with E-state index < -0.39 is 11.7 Å². The molecule has 0 saturated carbocycles. The molecule has 1 N–H and O–H groups in total. The molecule has 0 radical (unpaired) electrons. The van der Waals surface area contributed by atoms with Gasteiger partial charge in [0.25, 0.3) is 11.8 Å². The summed E-state index contributed by atoms with van der Waals surface area (Å²) < 4.78 is 22.1. The number of anilines is 1. The molecule has 0 spiro atoms. The zero-order valence-electron chi connectivity index (χ0n) is 20.2. The van der Waals surface area contributed by atoms with Crippen molar-refractivity contribution in [2.24, 2.45) is 0 Å². The number of piperidine rings is 1. The number of hydrogen-bond donors (Lipinski definition) is 1. The van der Waals surface area contributed by atoms with E-state index in [0.29, 0.717) is 34.4 Å². The molecule has 1 aromatic heterocycles. The van der Waals surface area contributed by atoms with Crippen molar-refractivity contribution in [2.45, 2.75) is 39.7 Å². The molecule has 4 rings (SSSR count). The third-order valence-corrected chi connectivity index (χ3v) is 7.33. The van der Waals surface area contributed by atoms with Gasteiger partial charge in [0.1, 0.15) is 11.6 Å². The predicted molar refractivity (Wildman–Crippen MR) is 136 cm³/mol. The zero-order valence-corrected chi connectivity index (χ0v) is 21.8. The minimum Gasteiger partial charge on any atom is -0.496 e. The number of nitrogens with one attached hydrogen (secondary N) is 1. The zero-order chi connectivity index (χ0) is 25.3. The monoisotopic (exact) mass is 542 g/mol. The first kappa shape index (κ1) is 24.9. The van der Waals surface area contributed by atoms with Crippen LogP contribution in [0.25, 0.3) is 0 Å². The second-order valence-electron chi connectivity index (χ2n) is 8.86. The van der Waals surface area contributed by atoms with Gasteiger partial charge in [-0.25, -0.2) is 4.39 Å². The highest BCUT2D eigenvalue weighted by Crippen LogP contribution is 2.28. The number of halogens is 2. The summed E-state index contributed by atoms with van der Waals surface area (Å²) in [5, 5.41) is 7.14. The topological polar surface area (TPSA) is 76.5 Å². The summed E-state index contributed by atoms with van der Waals surface area (Å²) in [6.45, 7) is 6.79. The fourth-order valence-corrected chi connectivity index (χ4v) is 4.97. The highest BCUT2D eigenvalue weighted by atomic mass is 79.9. The highest BCUT2D eigenvalue weighted by molar-refractivity contribution is 9.10. The number of hydrogen-bond acceptors (Lipinski definition) is 4. The number of carbonyl (C=O) groups excluding carboxylic acids is 2. The van der Waals surface area contributed by atoms with Gasteiger partial charge in [-0.3, -0.25) is 14.3 Å². The molecule has 9 heteroatoms. The lowest BCUT2D eigenvalue weighted by Gasteiger charge is -2.32. The average Bonchev–Trinajstić information content (AvgIpc) is 3.29. The molecular weight excluding hydrogens is 515 g/mol. The van der Waals surface area contributed by atoms with Gasteiger partial charge in [0.15, 0.2) is 0 Å². The molecule has 3 aromatic rings. The fraction of sp³-hybridized carbons (Fsp3) is 0.346. The molecule has 0 bridgehead atoms. The van der Waals surface area contributed by atoms with Gasteiger partial charge >= 0.3 is 0 Å². The van der Waals surface area contributed by atoms with Gasteiger partial charge < -0.3 is 15.0 Å². The van der Waals surface area contributed by atoms with Gasteiger partial charge in [0.2, 0.25) is 0 Å². The number of nitrogens with zero attached hydrogens (tertiary/aromatic N) is 3. The number of aromatic nitrogens is 2. The van der Waals surface area contributed by atoms with Crippen molar-refractivity contribution in [3.63, 3.8) is 0 Å². The van der Waals surface area contributed by atoms with Gasteiger partial charge in [0.05, 0.1) is 30.6 Å². The van der Waals surface area contributed by atoms with E-state index in [0.717, 1.165) is 29.7 Å². The number of rotatable bonds is 5. The van der Waals surface area contributed by atoms with E-state index in [-0.39, 0.29) is 17.5 Å². The Bertz CT molecular complexity index is 1260. The van der Waals surface area contributed by atoms with Crippen molar-refractivity contribution in [1.82, 2.24) is 14.7 Å². The summed E-state index contributed by atoms with van der Waals surface area (Å²) in [5.41, 5.74) is 3.58. The number of benzene rings is 2. The molecule has 1 aliphatic heterocycles. The molecule has 2 heterocycles. The first-order valence-corrected chi connectivity index (χ1v) is 12.2. The molecule has 1 fully saturated rings. The summed E-state index contributed by atoms with van der Waals surface area (Å²) in [6.07, 6.45) is 4.80. The first-order valence-electron chi connectivity index (χ1n) is 11.4. The minimum atomic E-state index is -0.574. The van der Waals surface area contributed by atoms with Crippen LogP contribution in [-0.2, 0) is 0 Å². The van der Waals surface area contributed by atoms with Crippen LogP contribution in [0.5, 0.6) is 5.75 Å². The molecule has 7 nitrogen and oxygen atoms in total. The van der Waals surface area contributed by atoms with E-state index >= 15 is 0 Å². The maximum Gasteiger partial charge on any atom is 0.259 e. The number of aryl methyl sites for hydroxylation is 2. The highest BCUT2D eigenvalue weighted by Gasteiger charge is 2.26. The number of likely N-dealkylation sites (tertiary alicyclic amines) is 1. The average molecular weight is 543 g/mol. The molecule has 184 valence electrons. The minimum absolute atomic E-state index is 0.00273. The molecule has 1 aliphatic rings. The standard InChI is InChI=1S/C26H28BrFN4O3/c1-15-11-18(12-16(2)24(15)35-4)26(34)31-9-7-20(8-10-31)32-14-19(13-29-32)30-25(33)23-17(3)21(27)5-6-22(23)28/h5-6,11-14,20H,7-10H2,1-4H3,(H,30,33). The van der Waals surface area contributed by atoms with Crippen molar-refractivity contribution in [3.8, 4) is 5.75 Å². The van der Waals surface area contributed by atoms with Crippen LogP contribution >= 0.6 is 15.9 Å². The predicted octanol–water partition coefficient (Wildman–Crippen LogP) is 5.45. The van der Waals surface area contributed by atoms with E-state index in [1.54, 1.807) is 32.5 Å². The maximum atomic E-state index is 14.2. The number of carbonyl (C=O) groups is 2. The molecule has 2 aromatic carbocycles. The Kier molecular flexibility index (Phi) is 7.25. The molecule has 0 atom stereocenters. The lowest BCUT2D eigenvalue weighted by Crippen LogP contribution is -2.39. The van der Waals surface area contributed by atoms with E-state index in [1.165, 1.54) is 6.07 Å². The van der Waals surface area contributed by atoms with E-state index in [2.05, 4.69) is 26.3 Å². The van der Waals surface area contributed by atoms with Gasteiger partial charge in [-0.05, 0) is 74.6 Å². The Morgan fingerprint density at radius 3 is 2.43 bits per heavy atom. The summed E-state index contributed by atoms with van der Waals surface area (Å²) >= 11 is 3.34. The smallest absolute Gasteiger partial charge is 0.259 e. The van der Waals surface area contributed by atoms with Crippen molar-refractivity contribution < 1.29 is 18.7 Å². The number of ether oxygens (including phenoxy) is 1. The Morgan fingerprint density at radius 1 is 1.14 bits per heavy atom. The van der Waals surface area contributed by atoms with E-state index in [4.69, 9.17) is 4.74 Å². The molecule has 0 aliphatic carbocycles. The second-order valence-corrected chi connectivity index (χ2v) is 9.71. The molecule has 35 heavy (non-hydrogen) atoms. The van der Waals surface area contributed by atoms with Crippen LogP contribution in [0.1, 0.15) is 56.3 Å². The van der Waals surface area contributed by atoms with E-state index in [9.17, 15) is 14.0 Å². The SMILES string of the molecule is COc1c(C)cc(C(=O)N2CCC(n3cc(NC(=O)c4c(F)ccc(Br)c4C)cn3)CC2)cc1C. The van der Waals surface area contributed by atoms with Crippen LogP contribution in [0, 0.1) is 26.6 Å².